The molecule has 0 spiro atoms. The van der Waals surface area contributed by atoms with Crippen molar-refractivity contribution in [1.29, 1.82) is 0 Å². The van der Waals surface area contributed by atoms with E-state index >= 15 is 0 Å². The standard InChI is InChI=1S/C16H20N4O/c17-10-12-3-1-6-15(12)16(21)19-13-4-2-5-14(9-13)20-8-7-18-11-20/h2,4-5,7-9,11-12,15H,1,3,6,10,17H2,(H,19,21)/t12-,15-/m1/s1. The van der Waals surface area contributed by atoms with Gasteiger partial charge in [0.1, 0.15) is 0 Å². The number of carbonyl (C=O) groups excluding carboxylic acids is 1. The van der Waals surface area contributed by atoms with Crippen LogP contribution in [0.25, 0.3) is 5.69 Å². The summed E-state index contributed by atoms with van der Waals surface area (Å²) >= 11 is 0. The second kappa shape index (κ2) is 6.10. The van der Waals surface area contributed by atoms with Crippen molar-refractivity contribution in [1.82, 2.24) is 9.55 Å². The number of nitrogens with zero attached hydrogens (tertiary/aromatic N) is 2. The summed E-state index contributed by atoms with van der Waals surface area (Å²) in [6, 6.07) is 7.77. The van der Waals surface area contributed by atoms with E-state index in [1.807, 2.05) is 35.0 Å². The van der Waals surface area contributed by atoms with Crippen molar-refractivity contribution in [2.24, 2.45) is 17.6 Å². The van der Waals surface area contributed by atoms with E-state index in [0.717, 1.165) is 30.6 Å². The van der Waals surface area contributed by atoms with E-state index in [0.29, 0.717) is 12.5 Å². The van der Waals surface area contributed by atoms with Gasteiger partial charge in [-0.3, -0.25) is 4.79 Å². The van der Waals surface area contributed by atoms with Crippen molar-refractivity contribution in [2.45, 2.75) is 19.3 Å². The molecule has 1 aliphatic carbocycles. The van der Waals surface area contributed by atoms with Crippen LogP contribution in [0.5, 0.6) is 0 Å². The SMILES string of the molecule is NC[C@H]1CCC[C@H]1C(=O)Nc1cccc(-n2ccnc2)c1. The van der Waals surface area contributed by atoms with Crippen LogP contribution in [0.1, 0.15) is 19.3 Å². The van der Waals surface area contributed by atoms with Crippen molar-refractivity contribution in [3.63, 3.8) is 0 Å². The predicted octanol–water partition coefficient (Wildman–Crippen LogP) is 2.19. The van der Waals surface area contributed by atoms with E-state index in [1.54, 1.807) is 12.5 Å². The van der Waals surface area contributed by atoms with Crippen LogP contribution >= 0.6 is 0 Å². The zero-order chi connectivity index (χ0) is 14.7. The highest BCUT2D eigenvalue weighted by molar-refractivity contribution is 5.93. The maximum Gasteiger partial charge on any atom is 0.227 e. The molecule has 0 aliphatic heterocycles. The van der Waals surface area contributed by atoms with E-state index in [1.165, 1.54) is 0 Å². The minimum absolute atomic E-state index is 0.0481. The summed E-state index contributed by atoms with van der Waals surface area (Å²) in [5.41, 5.74) is 7.55. The van der Waals surface area contributed by atoms with Gasteiger partial charge in [-0.2, -0.15) is 0 Å². The van der Waals surface area contributed by atoms with Gasteiger partial charge in [-0.25, -0.2) is 4.98 Å². The Kier molecular flexibility index (Phi) is 4.01. The van der Waals surface area contributed by atoms with Gasteiger partial charge >= 0.3 is 0 Å². The van der Waals surface area contributed by atoms with E-state index in [9.17, 15) is 4.79 Å². The first-order valence-corrected chi connectivity index (χ1v) is 7.37. The Morgan fingerprint density at radius 2 is 2.33 bits per heavy atom. The quantitative estimate of drug-likeness (QED) is 0.904. The summed E-state index contributed by atoms with van der Waals surface area (Å²) in [6.45, 7) is 0.590. The number of imidazole rings is 1. The Morgan fingerprint density at radius 3 is 3.10 bits per heavy atom. The van der Waals surface area contributed by atoms with Gasteiger partial charge in [0.05, 0.1) is 6.33 Å². The van der Waals surface area contributed by atoms with Gasteiger partial charge in [0, 0.05) is 29.7 Å². The lowest BCUT2D eigenvalue weighted by Gasteiger charge is -2.17. The third kappa shape index (κ3) is 2.97. The van der Waals surface area contributed by atoms with Crippen LogP contribution in [-0.2, 0) is 4.79 Å². The topological polar surface area (TPSA) is 72.9 Å². The van der Waals surface area contributed by atoms with Crippen LogP contribution in [0.4, 0.5) is 5.69 Å². The van der Waals surface area contributed by atoms with Crippen molar-refractivity contribution in [3.8, 4) is 5.69 Å². The van der Waals surface area contributed by atoms with Crippen LogP contribution in [0.2, 0.25) is 0 Å². The first kappa shape index (κ1) is 13.8. The van der Waals surface area contributed by atoms with Crippen molar-refractivity contribution in [3.05, 3.63) is 43.0 Å². The lowest BCUT2D eigenvalue weighted by atomic mass is 9.95. The zero-order valence-electron chi connectivity index (χ0n) is 11.9. The van der Waals surface area contributed by atoms with Crippen molar-refractivity contribution < 1.29 is 4.79 Å². The maximum atomic E-state index is 12.4. The van der Waals surface area contributed by atoms with Gasteiger partial charge in [-0.05, 0) is 43.5 Å². The summed E-state index contributed by atoms with van der Waals surface area (Å²) in [7, 11) is 0. The lowest BCUT2D eigenvalue weighted by molar-refractivity contribution is -0.120. The van der Waals surface area contributed by atoms with Crippen LogP contribution in [0, 0.1) is 11.8 Å². The average molecular weight is 284 g/mol. The largest absolute Gasteiger partial charge is 0.330 e. The molecule has 5 nitrogen and oxygen atoms in total. The molecule has 1 heterocycles. The number of carbonyl (C=O) groups is 1. The third-order valence-corrected chi connectivity index (χ3v) is 4.21. The van der Waals surface area contributed by atoms with E-state index < -0.39 is 0 Å². The Bertz CT molecular complexity index is 608. The van der Waals surface area contributed by atoms with Crippen molar-refractivity contribution >= 4 is 11.6 Å². The van der Waals surface area contributed by atoms with Gasteiger partial charge in [-0.1, -0.05) is 12.5 Å². The maximum absolute atomic E-state index is 12.4. The molecule has 1 aromatic heterocycles. The average Bonchev–Trinajstić information content (AvgIpc) is 3.18. The molecule has 1 fully saturated rings. The number of aromatic nitrogens is 2. The molecule has 0 radical (unpaired) electrons. The fraction of sp³-hybridized carbons (Fsp3) is 0.375. The fourth-order valence-electron chi connectivity index (χ4n) is 3.06. The summed E-state index contributed by atoms with van der Waals surface area (Å²) < 4.78 is 1.91. The van der Waals surface area contributed by atoms with E-state index in [-0.39, 0.29) is 11.8 Å². The van der Waals surface area contributed by atoms with Crippen LogP contribution in [0.15, 0.2) is 43.0 Å². The minimum Gasteiger partial charge on any atom is -0.330 e. The van der Waals surface area contributed by atoms with E-state index in [2.05, 4.69) is 10.3 Å². The number of nitrogens with one attached hydrogen (secondary N) is 1. The molecule has 0 bridgehead atoms. The molecule has 0 unspecified atom stereocenters. The number of amides is 1. The summed E-state index contributed by atoms with van der Waals surface area (Å²) in [5.74, 6) is 0.458. The third-order valence-electron chi connectivity index (χ3n) is 4.21. The molecule has 21 heavy (non-hydrogen) atoms. The molecule has 5 heteroatoms. The molecule has 110 valence electrons. The molecule has 0 saturated heterocycles. The number of hydrogen-bond donors (Lipinski definition) is 2. The molecule has 1 amide bonds. The van der Waals surface area contributed by atoms with Gasteiger partial charge in [-0.15, -0.1) is 0 Å². The smallest absolute Gasteiger partial charge is 0.227 e. The van der Waals surface area contributed by atoms with Crippen LogP contribution < -0.4 is 11.1 Å². The highest BCUT2D eigenvalue weighted by Gasteiger charge is 2.31. The highest BCUT2D eigenvalue weighted by atomic mass is 16.1. The molecule has 3 N–H and O–H groups in total. The molecule has 2 aromatic rings. The Labute approximate surface area is 124 Å². The molecule has 3 rings (SSSR count). The minimum atomic E-state index is 0.0481. The number of hydrogen-bond acceptors (Lipinski definition) is 3. The molecule has 1 saturated carbocycles. The Hall–Kier alpha value is -2.14. The number of anilines is 1. The fourth-order valence-corrected chi connectivity index (χ4v) is 3.06. The summed E-state index contributed by atoms with van der Waals surface area (Å²) in [5, 5.41) is 3.02. The Morgan fingerprint density at radius 1 is 1.43 bits per heavy atom. The summed E-state index contributed by atoms with van der Waals surface area (Å²) in [4.78, 5) is 16.4. The first-order chi connectivity index (χ1) is 10.3. The van der Waals surface area contributed by atoms with Crippen molar-refractivity contribution in [2.75, 3.05) is 11.9 Å². The van der Waals surface area contributed by atoms with Gasteiger partial charge in [0.2, 0.25) is 5.91 Å². The molecule has 1 aromatic carbocycles. The number of nitrogens with two attached hydrogens (primary N) is 1. The Balaban J connectivity index is 1.73. The molecule has 1 aliphatic rings. The summed E-state index contributed by atoms with van der Waals surface area (Å²) in [6.07, 6.45) is 8.44. The molecular formula is C16H20N4O. The van der Waals surface area contributed by atoms with Crippen LogP contribution in [0.3, 0.4) is 0 Å². The second-order valence-corrected chi connectivity index (χ2v) is 5.54. The number of rotatable bonds is 4. The normalized spacial score (nSPS) is 21.4. The number of benzene rings is 1. The first-order valence-electron chi connectivity index (χ1n) is 7.37. The van der Waals surface area contributed by atoms with Gasteiger partial charge in [0.15, 0.2) is 0 Å². The second-order valence-electron chi connectivity index (χ2n) is 5.54. The van der Waals surface area contributed by atoms with Gasteiger partial charge < -0.3 is 15.6 Å². The zero-order valence-corrected chi connectivity index (χ0v) is 11.9. The molecule has 2 atom stereocenters. The highest BCUT2D eigenvalue weighted by Crippen LogP contribution is 2.32. The predicted molar refractivity (Wildman–Crippen MR) is 82.1 cm³/mol. The van der Waals surface area contributed by atoms with Gasteiger partial charge in [0.25, 0.3) is 0 Å². The van der Waals surface area contributed by atoms with E-state index in [4.69, 9.17) is 5.73 Å². The monoisotopic (exact) mass is 284 g/mol. The molecular weight excluding hydrogens is 264 g/mol. The lowest BCUT2D eigenvalue weighted by Crippen LogP contribution is -2.29. The van der Waals surface area contributed by atoms with Crippen LogP contribution in [-0.4, -0.2) is 22.0 Å².